The molecule has 0 aliphatic heterocycles. The zero-order chi connectivity index (χ0) is 15.2. The fraction of sp³-hybridized carbons (Fsp3) is 0.500. The number of nitrogens with one attached hydrogen (secondary N) is 2. The lowest BCUT2D eigenvalue weighted by molar-refractivity contribution is 0.0526. The standard InChI is InChI=1S/C14H22FN3O2/c1-14(2,3)20-13(19)17-9-10(8-16)18-12-7-5-4-6-11(12)15/h4-7,10,18H,8-9,16H2,1-3H3,(H,17,19). The molecule has 5 nitrogen and oxygen atoms in total. The highest BCUT2D eigenvalue weighted by Gasteiger charge is 2.17. The molecule has 0 saturated heterocycles. The lowest BCUT2D eigenvalue weighted by Gasteiger charge is -2.22. The summed E-state index contributed by atoms with van der Waals surface area (Å²) in [4.78, 5) is 11.5. The number of amides is 1. The van der Waals surface area contributed by atoms with Gasteiger partial charge in [-0.3, -0.25) is 0 Å². The highest BCUT2D eigenvalue weighted by molar-refractivity contribution is 5.67. The first-order valence-corrected chi connectivity index (χ1v) is 6.50. The SMILES string of the molecule is CC(C)(C)OC(=O)NCC(CN)Nc1ccccc1F. The predicted molar refractivity (Wildman–Crippen MR) is 77.1 cm³/mol. The number of ether oxygens (including phenoxy) is 1. The minimum atomic E-state index is -0.554. The Morgan fingerprint density at radius 1 is 1.40 bits per heavy atom. The Morgan fingerprint density at radius 2 is 2.05 bits per heavy atom. The van der Waals surface area contributed by atoms with Crippen molar-refractivity contribution in [1.29, 1.82) is 0 Å². The van der Waals surface area contributed by atoms with Crippen molar-refractivity contribution in [2.24, 2.45) is 5.73 Å². The number of benzene rings is 1. The number of rotatable bonds is 5. The molecule has 1 atom stereocenters. The van der Waals surface area contributed by atoms with Gasteiger partial charge in [-0.25, -0.2) is 9.18 Å². The maximum Gasteiger partial charge on any atom is 0.407 e. The van der Waals surface area contributed by atoms with Crippen LogP contribution in [0.25, 0.3) is 0 Å². The van der Waals surface area contributed by atoms with Gasteiger partial charge < -0.3 is 21.1 Å². The quantitative estimate of drug-likeness (QED) is 0.773. The number of para-hydroxylation sites is 1. The summed E-state index contributed by atoms with van der Waals surface area (Å²) in [7, 11) is 0. The molecule has 0 spiro atoms. The third kappa shape index (κ3) is 5.88. The van der Waals surface area contributed by atoms with Gasteiger partial charge in [-0.2, -0.15) is 0 Å². The number of carbonyl (C=O) groups is 1. The Balaban J connectivity index is 2.48. The van der Waals surface area contributed by atoms with E-state index in [0.29, 0.717) is 5.69 Å². The fourth-order valence-corrected chi connectivity index (χ4v) is 1.51. The largest absolute Gasteiger partial charge is 0.444 e. The van der Waals surface area contributed by atoms with Crippen molar-refractivity contribution in [2.75, 3.05) is 18.4 Å². The molecule has 0 fully saturated rings. The maximum absolute atomic E-state index is 13.5. The van der Waals surface area contributed by atoms with Gasteiger partial charge in [0, 0.05) is 13.1 Å². The molecule has 6 heteroatoms. The molecule has 1 aromatic rings. The molecular weight excluding hydrogens is 261 g/mol. The lowest BCUT2D eigenvalue weighted by atomic mass is 10.2. The first-order valence-electron chi connectivity index (χ1n) is 6.50. The molecule has 20 heavy (non-hydrogen) atoms. The summed E-state index contributed by atoms with van der Waals surface area (Å²) in [6.07, 6.45) is -0.522. The summed E-state index contributed by atoms with van der Waals surface area (Å²) >= 11 is 0. The zero-order valence-electron chi connectivity index (χ0n) is 12.1. The number of carbonyl (C=O) groups excluding carboxylic acids is 1. The first kappa shape index (κ1) is 16.2. The molecule has 1 amide bonds. The minimum Gasteiger partial charge on any atom is -0.444 e. The van der Waals surface area contributed by atoms with Crippen molar-refractivity contribution in [2.45, 2.75) is 32.4 Å². The van der Waals surface area contributed by atoms with Crippen molar-refractivity contribution < 1.29 is 13.9 Å². The van der Waals surface area contributed by atoms with E-state index in [1.807, 2.05) is 0 Å². The molecule has 0 aromatic heterocycles. The molecule has 0 aliphatic rings. The van der Waals surface area contributed by atoms with Crippen LogP contribution in [0.3, 0.4) is 0 Å². The lowest BCUT2D eigenvalue weighted by Crippen LogP contribution is -2.43. The second-order valence-electron chi connectivity index (χ2n) is 5.44. The number of hydrogen-bond donors (Lipinski definition) is 3. The van der Waals surface area contributed by atoms with E-state index < -0.39 is 11.7 Å². The van der Waals surface area contributed by atoms with Crippen LogP contribution in [0.1, 0.15) is 20.8 Å². The molecule has 0 saturated carbocycles. The number of hydrogen-bond acceptors (Lipinski definition) is 4. The fourth-order valence-electron chi connectivity index (χ4n) is 1.51. The van der Waals surface area contributed by atoms with Crippen LogP contribution >= 0.6 is 0 Å². The van der Waals surface area contributed by atoms with E-state index >= 15 is 0 Å². The van der Waals surface area contributed by atoms with E-state index in [9.17, 15) is 9.18 Å². The van der Waals surface area contributed by atoms with E-state index in [4.69, 9.17) is 10.5 Å². The molecular formula is C14H22FN3O2. The molecule has 0 bridgehead atoms. The molecule has 1 unspecified atom stereocenters. The van der Waals surface area contributed by atoms with Crippen LogP contribution in [0.15, 0.2) is 24.3 Å². The van der Waals surface area contributed by atoms with Crippen molar-refractivity contribution in [3.63, 3.8) is 0 Å². The molecule has 1 aromatic carbocycles. The Hall–Kier alpha value is -1.82. The highest BCUT2D eigenvalue weighted by Crippen LogP contribution is 2.13. The van der Waals surface area contributed by atoms with Gasteiger partial charge in [-0.1, -0.05) is 12.1 Å². The number of nitrogens with two attached hydrogens (primary N) is 1. The van der Waals surface area contributed by atoms with Gasteiger partial charge in [-0.15, -0.1) is 0 Å². The van der Waals surface area contributed by atoms with E-state index in [0.717, 1.165) is 0 Å². The van der Waals surface area contributed by atoms with Crippen LogP contribution in [0.4, 0.5) is 14.9 Å². The van der Waals surface area contributed by atoms with E-state index in [2.05, 4.69) is 10.6 Å². The Kier molecular flexibility index (Phi) is 5.76. The normalized spacial score (nSPS) is 12.7. The molecule has 112 valence electrons. The number of anilines is 1. The van der Waals surface area contributed by atoms with Crippen LogP contribution in [-0.4, -0.2) is 30.8 Å². The van der Waals surface area contributed by atoms with Crippen LogP contribution in [0, 0.1) is 5.82 Å². The topological polar surface area (TPSA) is 76.4 Å². The van der Waals surface area contributed by atoms with Crippen LogP contribution in [0.2, 0.25) is 0 Å². The van der Waals surface area contributed by atoms with E-state index in [1.54, 1.807) is 39.0 Å². The number of halogens is 1. The summed E-state index contributed by atoms with van der Waals surface area (Å²) in [6, 6.07) is 6.03. The van der Waals surface area contributed by atoms with Gasteiger partial charge in [0.1, 0.15) is 11.4 Å². The van der Waals surface area contributed by atoms with Crippen LogP contribution in [-0.2, 0) is 4.74 Å². The minimum absolute atomic E-state index is 0.250. The Labute approximate surface area is 118 Å². The second-order valence-corrected chi connectivity index (χ2v) is 5.44. The van der Waals surface area contributed by atoms with Crippen molar-refractivity contribution in [3.05, 3.63) is 30.1 Å². The molecule has 0 aliphatic carbocycles. The Bertz CT molecular complexity index is 446. The average molecular weight is 283 g/mol. The third-order valence-corrected chi connectivity index (χ3v) is 2.41. The Morgan fingerprint density at radius 3 is 2.60 bits per heavy atom. The number of alkyl carbamates (subject to hydrolysis) is 1. The molecule has 0 heterocycles. The molecule has 0 radical (unpaired) electrons. The van der Waals surface area contributed by atoms with Gasteiger partial charge >= 0.3 is 6.09 Å². The van der Waals surface area contributed by atoms with E-state index in [-0.39, 0.29) is 24.9 Å². The average Bonchev–Trinajstić information content (AvgIpc) is 2.34. The smallest absolute Gasteiger partial charge is 0.407 e. The summed E-state index contributed by atoms with van der Waals surface area (Å²) < 4.78 is 18.6. The zero-order valence-corrected chi connectivity index (χ0v) is 12.1. The monoisotopic (exact) mass is 283 g/mol. The molecule has 4 N–H and O–H groups in total. The first-order chi connectivity index (χ1) is 9.31. The van der Waals surface area contributed by atoms with Gasteiger partial charge in [0.25, 0.3) is 0 Å². The van der Waals surface area contributed by atoms with Gasteiger partial charge in [0.15, 0.2) is 0 Å². The summed E-state index contributed by atoms with van der Waals surface area (Å²) in [5.74, 6) is -0.358. The highest BCUT2D eigenvalue weighted by atomic mass is 19.1. The van der Waals surface area contributed by atoms with Crippen molar-refractivity contribution >= 4 is 11.8 Å². The van der Waals surface area contributed by atoms with Gasteiger partial charge in [0.05, 0.1) is 11.7 Å². The maximum atomic E-state index is 13.5. The van der Waals surface area contributed by atoms with E-state index in [1.165, 1.54) is 6.07 Å². The predicted octanol–water partition coefficient (Wildman–Crippen LogP) is 2.09. The van der Waals surface area contributed by atoms with Crippen LogP contribution < -0.4 is 16.4 Å². The summed E-state index contributed by atoms with van der Waals surface area (Å²) in [5, 5.41) is 5.55. The summed E-state index contributed by atoms with van der Waals surface area (Å²) in [5.41, 5.74) is 5.41. The van der Waals surface area contributed by atoms with Crippen LogP contribution in [0.5, 0.6) is 0 Å². The summed E-state index contributed by atoms with van der Waals surface area (Å²) in [6.45, 7) is 5.85. The van der Waals surface area contributed by atoms with Crippen molar-refractivity contribution in [1.82, 2.24) is 5.32 Å². The van der Waals surface area contributed by atoms with Crippen molar-refractivity contribution in [3.8, 4) is 0 Å². The van der Waals surface area contributed by atoms with Gasteiger partial charge in [0.2, 0.25) is 0 Å². The third-order valence-electron chi connectivity index (χ3n) is 2.41. The second kappa shape index (κ2) is 7.09. The van der Waals surface area contributed by atoms with Gasteiger partial charge in [-0.05, 0) is 32.9 Å². The molecule has 1 rings (SSSR count).